The van der Waals surface area contributed by atoms with E-state index in [-0.39, 0.29) is 16.4 Å². The highest BCUT2D eigenvalue weighted by molar-refractivity contribution is 5.47. The first-order valence-corrected chi connectivity index (χ1v) is 6.29. The van der Waals surface area contributed by atoms with Crippen LogP contribution < -0.4 is 5.32 Å². The second kappa shape index (κ2) is 6.14. The van der Waals surface area contributed by atoms with Gasteiger partial charge < -0.3 is 5.32 Å². The number of benzene rings is 2. The lowest BCUT2D eigenvalue weighted by molar-refractivity contribution is -0.385. The van der Waals surface area contributed by atoms with Gasteiger partial charge >= 0.3 is 0 Å². The highest BCUT2D eigenvalue weighted by Gasteiger charge is 2.11. The lowest BCUT2D eigenvalue weighted by atomic mass is 10.1. The average Bonchev–Trinajstić information content (AvgIpc) is 2.38. The molecule has 0 aliphatic heterocycles. The number of nitro groups is 1. The quantitative estimate of drug-likeness (QED) is 0.668. The minimum absolute atomic E-state index is 0.115. The normalized spacial score (nSPS) is 10.3. The number of aryl methyl sites for hydroxylation is 1. The Bertz CT molecular complexity index is 609. The molecule has 0 fully saturated rings. The fourth-order valence-electron chi connectivity index (χ4n) is 2.08. The third-order valence-corrected chi connectivity index (χ3v) is 2.95. The van der Waals surface area contributed by atoms with Gasteiger partial charge in [-0.25, -0.2) is 4.39 Å². The summed E-state index contributed by atoms with van der Waals surface area (Å²) in [5.74, 6) is -0.293. The van der Waals surface area contributed by atoms with Crippen molar-refractivity contribution in [1.82, 2.24) is 0 Å². The van der Waals surface area contributed by atoms with E-state index in [1.165, 1.54) is 18.2 Å². The molecular weight excluding hydrogens is 259 g/mol. The van der Waals surface area contributed by atoms with E-state index in [1.807, 2.05) is 13.0 Å². The van der Waals surface area contributed by atoms with Gasteiger partial charge in [0.1, 0.15) is 5.82 Å². The lowest BCUT2D eigenvalue weighted by Gasteiger charge is -2.08. The van der Waals surface area contributed by atoms with Crippen LogP contribution in [0.15, 0.2) is 42.5 Å². The van der Waals surface area contributed by atoms with Crippen molar-refractivity contribution in [3.05, 3.63) is 69.5 Å². The van der Waals surface area contributed by atoms with Crippen molar-refractivity contribution >= 4 is 11.4 Å². The van der Waals surface area contributed by atoms with Crippen LogP contribution in [0.1, 0.15) is 11.1 Å². The van der Waals surface area contributed by atoms with E-state index in [1.54, 1.807) is 18.2 Å². The molecule has 2 rings (SSSR count). The molecule has 0 bridgehead atoms. The standard InChI is InChI=1S/C15H15FN2O2/c1-11-8-13(16)10-14(9-11)17-7-6-12-4-2-3-5-15(12)18(19)20/h2-5,8-10,17H,6-7H2,1H3. The fraction of sp³-hybridized carbons (Fsp3) is 0.200. The molecule has 0 aliphatic rings. The highest BCUT2D eigenvalue weighted by atomic mass is 19.1. The van der Waals surface area contributed by atoms with E-state index >= 15 is 0 Å². The van der Waals surface area contributed by atoms with Crippen molar-refractivity contribution in [3.63, 3.8) is 0 Å². The van der Waals surface area contributed by atoms with Crippen LogP contribution in [-0.4, -0.2) is 11.5 Å². The second-order valence-corrected chi connectivity index (χ2v) is 4.58. The van der Waals surface area contributed by atoms with Gasteiger partial charge in [-0.1, -0.05) is 18.2 Å². The molecule has 0 spiro atoms. The maximum absolute atomic E-state index is 13.2. The molecule has 0 amide bonds. The van der Waals surface area contributed by atoms with Crippen molar-refractivity contribution in [1.29, 1.82) is 0 Å². The van der Waals surface area contributed by atoms with Crippen molar-refractivity contribution in [2.45, 2.75) is 13.3 Å². The SMILES string of the molecule is Cc1cc(F)cc(NCCc2ccccc2[N+](=O)[O-])c1. The van der Waals surface area contributed by atoms with Crippen molar-refractivity contribution < 1.29 is 9.31 Å². The number of nitrogens with zero attached hydrogens (tertiary/aromatic N) is 1. The molecule has 104 valence electrons. The molecule has 5 heteroatoms. The molecule has 0 heterocycles. The molecule has 0 unspecified atom stereocenters. The minimum Gasteiger partial charge on any atom is -0.385 e. The first-order chi connectivity index (χ1) is 9.56. The van der Waals surface area contributed by atoms with E-state index in [0.717, 1.165) is 5.56 Å². The van der Waals surface area contributed by atoms with Crippen LogP contribution in [0.4, 0.5) is 15.8 Å². The summed E-state index contributed by atoms with van der Waals surface area (Å²) in [4.78, 5) is 10.5. The van der Waals surface area contributed by atoms with Gasteiger partial charge in [0, 0.05) is 23.9 Å². The Hall–Kier alpha value is -2.43. The zero-order chi connectivity index (χ0) is 14.5. The third kappa shape index (κ3) is 3.54. The second-order valence-electron chi connectivity index (χ2n) is 4.58. The van der Waals surface area contributed by atoms with E-state index in [2.05, 4.69) is 5.32 Å². The number of anilines is 1. The summed E-state index contributed by atoms with van der Waals surface area (Å²) < 4.78 is 13.2. The van der Waals surface area contributed by atoms with Crippen LogP contribution in [0.25, 0.3) is 0 Å². The fourth-order valence-corrected chi connectivity index (χ4v) is 2.08. The largest absolute Gasteiger partial charge is 0.385 e. The van der Waals surface area contributed by atoms with E-state index in [4.69, 9.17) is 0 Å². The predicted molar refractivity (Wildman–Crippen MR) is 76.4 cm³/mol. The van der Waals surface area contributed by atoms with Crippen LogP contribution in [0.3, 0.4) is 0 Å². The molecule has 2 aromatic rings. The summed E-state index contributed by atoms with van der Waals surface area (Å²) in [7, 11) is 0. The first-order valence-electron chi connectivity index (χ1n) is 6.29. The molecule has 0 saturated heterocycles. The molecule has 0 radical (unpaired) electrons. The summed E-state index contributed by atoms with van der Waals surface area (Å²) in [5.41, 5.74) is 2.29. The molecule has 4 nitrogen and oxygen atoms in total. The molecular formula is C15H15FN2O2. The number of hydrogen-bond acceptors (Lipinski definition) is 3. The molecule has 1 N–H and O–H groups in total. The molecule has 0 aliphatic carbocycles. The first kappa shape index (κ1) is 14.0. The Morgan fingerprint density at radius 3 is 2.70 bits per heavy atom. The molecule has 0 saturated carbocycles. The third-order valence-electron chi connectivity index (χ3n) is 2.95. The lowest BCUT2D eigenvalue weighted by Crippen LogP contribution is -2.07. The summed E-state index contributed by atoms with van der Waals surface area (Å²) in [6.45, 7) is 2.32. The van der Waals surface area contributed by atoms with Gasteiger partial charge in [-0.05, 0) is 37.1 Å². The van der Waals surface area contributed by atoms with Gasteiger partial charge in [0.25, 0.3) is 5.69 Å². The number of hydrogen-bond donors (Lipinski definition) is 1. The summed E-state index contributed by atoms with van der Waals surface area (Å²) in [6, 6.07) is 11.3. The highest BCUT2D eigenvalue weighted by Crippen LogP contribution is 2.19. The Morgan fingerprint density at radius 1 is 1.25 bits per heavy atom. The van der Waals surface area contributed by atoms with E-state index in [9.17, 15) is 14.5 Å². The van der Waals surface area contributed by atoms with Crippen LogP contribution in [0, 0.1) is 22.9 Å². The Labute approximate surface area is 116 Å². The molecule has 0 aromatic heterocycles. The average molecular weight is 274 g/mol. The minimum atomic E-state index is -0.387. The Kier molecular flexibility index (Phi) is 4.30. The summed E-state index contributed by atoms with van der Waals surface area (Å²) in [5, 5.41) is 14.0. The van der Waals surface area contributed by atoms with Crippen molar-refractivity contribution in [2.24, 2.45) is 0 Å². The molecule has 0 atom stereocenters. The van der Waals surface area contributed by atoms with Gasteiger partial charge in [-0.3, -0.25) is 10.1 Å². The van der Waals surface area contributed by atoms with Crippen LogP contribution in [0.5, 0.6) is 0 Å². The van der Waals surface area contributed by atoms with E-state index in [0.29, 0.717) is 24.2 Å². The van der Waals surface area contributed by atoms with Gasteiger partial charge in [-0.2, -0.15) is 0 Å². The maximum Gasteiger partial charge on any atom is 0.272 e. The van der Waals surface area contributed by atoms with E-state index < -0.39 is 0 Å². The van der Waals surface area contributed by atoms with Gasteiger partial charge in [0.2, 0.25) is 0 Å². The summed E-state index contributed by atoms with van der Waals surface area (Å²) >= 11 is 0. The number of halogens is 1. The van der Waals surface area contributed by atoms with Crippen LogP contribution in [-0.2, 0) is 6.42 Å². The number of nitrogens with one attached hydrogen (secondary N) is 1. The molecule has 20 heavy (non-hydrogen) atoms. The number of rotatable bonds is 5. The predicted octanol–water partition coefficient (Wildman–Crippen LogP) is 3.70. The monoisotopic (exact) mass is 274 g/mol. The Balaban J connectivity index is 2.01. The smallest absolute Gasteiger partial charge is 0.272 e. The van der Waals surface area contributed by atoms with Crippen molar-refractivity contribution in [3.8, 4) is 0 Å². The van der Waals surface area contributed by atoms with Gasteiger partial charge in [-0.15, -0.1) is 0 Å². The van der Waals surface area contributed by atoms with Crippen molar-refractivity contribution in [2.75, 3.05) is 11.9 Å². The van der Waals surface area contributed by atoms with Crippen LogP contribution in [0.2, 0.25) is 0 Å². The summed E-state index contributed by atoms with van der Waals surface area (Å²) in [6.07, 6.45) is 0.507. The topological polar surface area (TPSA) is 55.2 Å². The maximum atomic E-state index is 13.2. The zero-order valence-electron chi connectivity index (χ0n) is 11.1. The number of para-hydroxylation sites is 1. The van der Waals surface area contributed by atoms with Gasteiger partial charge in [0.15, 0.2) is 0 Å². The number of nitro benzene ring substituents is 1. The zero-order valence-corrected chi connectivity index (χ0v) is 11.1. The van der Waals surface area contributed by atoms with Crippen LogP contribution >= 0.6 is 0 Å². The van der Waals surface area contributed by atoms with Gasteiger partial charge in [0.05, 0.1) is 4.92 Å². The Morgan fingerprint density at radius 2 is 2.00 bits per heavy atom. The molecule has 2 aromatic carbocycles.